The highest BCUT2D eigenvalue weighted by Crippen LogP contribution is 2.16. The van der Waals surface area contributed by atoms with E-state index >= 15 is 0 Å². The Hall–Kier alpha value is -1.35. The molecule has 0 bridgehead atoms. The summed E-state index contributed by atoms with van der Waals surface area (Å²) in [5.74, 6) is 0.883. The second kappa shape index (κ2) is 5.12. The molecule has 1 aromatic heterocycles. The molecule has 0 fully saturated rings. The van der Waals surface area contributed by atoms with Crippen LogP contribution in [0.1, 0.15) is 24.3 Å². The van der Waals surface area contributed by atoms with E-state index in [-0.39, 0.29) is 6.04 Å². The van der Waals surface area contributed by atoms with Crippen molar-refractivity contribution in [3.63, 3.8) is 0 Å². The lowest BCUT2D eigenvalue weighted by molar-refractivity contribution is 0.481. The van der Waals surface area contributed by atoms with Gasteiger partial charge in [0.1, 0.15) is 11.8 Å². The summed E-state index contributed by atoms with van der Waals surface area (Å²) in [6.45, 7) is 2.01. The Labute approximate surface area is 103 Å². The zero-order valence-corrected chi connectivity index (χ0v) is 10.5. The predicted octanol–water partition coefficient (Wildman–Crippen LogP) is 4.22. The predicted molar refractivity (Wildman–Crippen MR) is 68.9 cm³/mol. The van der Waals surface area contributed by atoms with Gasteiger partial charge in [-0.1, -0.05) is 28.1 Å². The van der Waals surface area contributed by atoms with Gasteiger partial charge in [-0.05, 0) is 36.8 Å². The van der Waals surface area contributed by atoms with Crippen LogP contribution in [-0.4, -0.2) is 6.21 Å². The van der Waals surface area contributed by atoms with E-state index < -0.39 is 0 Å². The molecule has 0 unspecified atom stereocenters. The maximum absolute atomic E-state index is 5.28. The number of aliphatic imine (C=N–C) groups is 1. The van der Waals surface area contributed by atoms with E-state index in [2.05, 4.69) is 20.9 Å². The number of nitrogens with zero attached hydrogens (tertiary/aromatic N) is 1. The Morgan fingerprint density at radius 1 is 1.25 bits per heavy atom. The average molecular weight is 278 g/mol. The van der Waals surface area contributed by atoms with Crippen molar-refractivity contribution in [1.82, 2.24) is 0 Å². The third-order valence-corrected chi connectivity index (χ3v) is 2.80. The van der Waals surface area contributed by atoms with Crippen molar-refractivity contribution < 1.29 is 4.42 Å². The van der Waals surface area contributed by atoms with Crippen LogP contribution in [0.25, 0.3) is 0 Å². The van der Waals surface area contributed by atoms with Gasteiger partial charge in [-0.2, -0.15) is 0 Å². The van der Waals surface area contributed by atoms with Crippen molar-refractivity contribution >= 4 is 22.1 Å². The summed E-state index contributed by atoms with van der Waals surface area (Å²) >= 11 is 3.40. The molecule has 0 N–H and O–H groups in total. The molecule has 1 heterocycles. The summed E-state index contributed by atoms with van der Waals surface area (Å²) in [4.78, 5) is 4.43. The molecule has 0 amide bonds. The molecular weight excluding hydrogens is 266 g/mol. The maximum Gasteiger partial charge on any atom is 0.127 e. The largest absolute Gasteiger partial charge is 0.467 e. The van der Waals surface area contributed by atoms with Gasteiger partial charge in [-0.3, -0.25) is 4.99 Å². The minimum absolute atomic E-state index is 0.0543. The first-order chi connectivity index (χ1) is 7.75. The number of benzene rings is 1. The van der Waals surface area contributed by atoms with Crippen LogP contribution < -0.4 is 0 Å². The molecule has 0 aliphatic rings. The maximum atomic E-state index is 5.28. The highest BCUT2D eigenvalue weighted by molar-refractivity contribution is 9.10. The van der Waals surface area contributed by atoms with E-state index in [0.717, 1.165) is 15.8 Å². The number of furan rings is 1. The molecule has 1 aromatic carbocycles. The van der Waals surface area contributed by atoms with Crippen LogP contribution in [0.15, 0.2) is 56.5 Å². The molecule has 82 valence electrons. The molecule has 0 saturated heterocycles. The van der Waals surface area contributed by atoms with Gasteiger partial charge in [0.25, 0.3) is 0 Å². The van der Waals surface area contributed by atoms with Crippen LogP contribution in [-0.2, 0) is 0 Å². The molecule has 0 spiro atoms. The topological polar surface area (TPSA) is 25.5 Å². The Balaban J connectivity index is 2.07. The molecule has 0 radical (unpaired) electrons. The fraction of sp³-hybridized carbons (Fsp3) is 0.154. The summed E-state index contributed by atoms with van der Waals surface area (Å²) < 4.78 is 6.35. The first-order valence-corrected chi connectivity index (χ1v) is 5.87. The fourth-order valence-corrected chi connectivity index (χ4v) is 1.61. The second-order valence-corrected chi connectivity index (χ2v) is 4.44. The lowest BCUT2D eigenvalue weighted by atomic mass is 10.2. The average Bonchev–Trinajstić information content (AvgIpc) is 2.81. The summed E-state index contributed by atoms with van der Waals surface area (Å²) in [7, 11) is 0. The quantitative estimate of drug-likeness (QED) is 0.772. The Morgan fingerprint density at radius 3 is 2.62 bits per heavy atom. The highest BCUT2D eigenvalue weighted by Gasteiger charge is 2.03. The van der Waals surface area contributed by atoms with Crippen LogP contribution in [0.3, 0.4) is 0 Å². The van der Waals surface area contributed by atoms with Crippen molar-refractivity contribution in [2.45, 2.75) is 13.0 Å². The second-order valence-electron chi connectivity index (χ2n) is 3.52. The molecule has 2 aromatic rings. The zero-order chi connectivity index (χ0) is 11.4. The minimum Gasteiger partial charge on any atom is -0.467 e. The van der Waals surface area contributed by atoms with Gasteiger partial charge in [0.2, 0.25) is 0 Å². The molecule has 2 rings (SSSR count). The van der Waals surface area contributed by atoms with Gasteiger partial charge in [0.15, 0.2) is 0 Å². The summed E-state index contributed by atoms with van der Waals surface area (Å²) in [6, 6.07) is 11.9. The van der Waals surface area contributed by atoms with Gasteiger partial charge in [0.05, 0.1) is 6.26 Å². The zero-order valence-electron chi connectivity index (χ0n) is 8.93. The first kappa shape index (κ1) is 11.1. The third kappa shape index (κ3) is 2.83. The summed E-state index contributed by atoms with van der Waals surface area (Å²) in [6.07, 6.45) is 3.53. The molecule has 0 aliphatic carbocycles. The monoisotopic (exact) mass is 277 g/mol. The van der Waals surface area contributed by atoms with Gasteiger partial charge in [0, 0.05) is 10.7 Å². The number of rotatable bonds is 3. The van der Waals surface area contributed by atoms with Gasteiger partial charge >= 0.3 is 0 Å². The normalized spacial score (nSPS) is 13.1. The summed E-state index contributed by atoms with van der Waals surface area (Å²) in [5, 5.41) is 0. The Bertz CT molecular complexity index is 459. The van der Waals surface area contributed by atoms with E-state index in [1.807, 2.05) is 49.5 Å². The lowest BCUT2D eigenvalue weighted by Crippen LogP contribution is -1.88. The van der Waals surface area contributed by atoms with Crippen molar-refractivity contribution in [3.8, 4) is 0 Å². The van der Waals surface area contributed by atoms with Gasteiger partial charge in [-0.15, -0.1) is 0 Å². The van der Waals surface area contributed by atoms with Crippen LogP contribution in [0, 0.1) is 0 Å². The smallest absolute Gasteiger partial charge is 0.127 e. The van der Waals surface area contributed by atoms with Crippen molar-refractivity contribution in [1.29, 1.82) is 0 Å². The van der Waals surface area contributed by atoms with E-state index in [1.165, 1.54) is 0 Å². The standard InChI is InChI=1S/C13H12BrNO/c1-10(13-3-2-8-16-13)15-9-11-4-6-12(14)7-5-11/h2-10H,1H3/t10-/m0/s1. The van der Waals surface area contributed by atoms with Crippen LogP contribution in [0.5, 0.6) is 0 Å². The molecule has 1 atom stereocenters. The Morgan fingerprint density at radius 2 is 2.00 bits per heavy atom. The highest BCUT2D eigenvalue weighted by atomic mass is 79.9. The van der Waals surface area contributed by atoms with Crippen LogP contribution in [0.4, 0.5) is 0 Å². The molecular formula is C13H12BrNO. The first-order valence-electron chi connectivity index (χ1n) is 5.08. The summed E-state index contributed by atoms with van der Waals surface area (Å²) in [5.41, 5.74) is 1.08. The SMILES string of the molecule is C[C@H](N=Cc1ccc(Br)cc1)c1ccco1. The van der Waals surface area contributed by atoms with E-state index in [4.69, 9.17) is 4.42 Å². The van der Waals surface area contributed by atoms with E-state index in [9.17, 15) is 0 Å². The lowest BCUT2D eigenvalue weighted by Gasteiger charge is -2.01. The van der Waals surface area contributed by atoms with E-state index in [1.54, 1.807) is 6.26 Å². The number of hydrogen-bond donors (Lipinski definition) is 0. The van der Waals surface area contributed by atoms with Gasteiger partial charge in [-0.25, -0.2) is 0 Å². The molecule has 16 heavy (non-hydrogen) atoms. The fourth-order valence-electron chi connectivity index (χ4n) is 1.35. The molecule has 2 nitrogen and oxygen atoms in total. The van der Waals surface area contributed by atoms with Gasteiger partial charge < -0.3 is 4.42 Å². The van der Waals surface area contributed by atoms with Crippen molar-refractivity contribution in [3.05, 3.63) is 58.5 Å². The van der Waals surface area contributed by atoms with E-state index in [0.29, 0.717) is 0 Å². The van der Waals surface area contributed by atoms with Crippen molar-refractivity contribution in [2.75, 3.05) is 0 Å². The van der Waals surface area contributed by atoms with Crippen molar-refractivity contribution in [2.24, 2.45) is 4.99 Å². The van der Waals surface area contributed by atoms with Crippen LogP contribution in [0.2, 0.25) is 0 Å². The van der Waals surface area contributed by atoms with Crippen LogP contribution >= 0.6 is 15.9 Å². The number of halogens is 1. The minimum atomic E-state index is 0.0543. The third-order valence-electron chi connectivity index (χ3n) is 2.27. The number of hydrogen-bond acceptors (Lipinski definition) is 2. The Kier molecular flexibility index (Phi) is 3.57. The molecule has 0 saturated carbocycles. The molecule has 0 aliphatic heterocycles. The molecule has 3 heteroatoms.